The Kier molecular flexibility index (Phi) is 5.53. The summed E-state index contributed by atoms with van der Waals surface area (Å²) in [7, 11) is -1.77. The fraction of sp³-hybridized carbons (Fsp3) is 0.190. The summed E-state index contributed by atoms with van der Waals surface area (Å²) in [5.41, 5.74) is 0.437. The molecule has 0 saturated carbocycles. The highest BCUT2D eigenvalue weighted by molar-refractivity contribution is 7.89. The number of aromatic nitrogens is 4. The summed E-state index contributed by atoms with van der Waals surface area (Å²) >= 11 is 0. The SMILES string of the molecule is Cn1cc(S(=O)(=O)NC(Cn2cnc3ccccc32)c2ccc(F)cc2)c(=O)n(C)c1=O. The normalized spacial score (nSPS) is 12.8. The van der Waals surface area contributed by atoms with Crippen molar-refractivity contribution in [1.82, 2.24) is 23.4 Å². The van der Waals surface area contributed by atoms with Crippen molar-refractivity contribution in [3.8, 4) is 0 Å². The molecule has 0 spiro atoms. The first-order valence-electron chi connectivity index (χ1n) is 9.62. The van der Waals surface area contributed by atoms with Crippen LogP contribution in [0, 0.1) is 5.82 Å². The van der Waals surface area contributed by atoms with Crippen LogP contribution in [0.1, 0.15) is 11.6 Å². The summed E-state index contributed by atoms with van der Waals surface area (Å²) in [4.78, 5) is 28.2. The van der Waals surface area contributed by atoms with Crippen LogP contribution in [0.4, 0.5) is 4.39 Å². The van der Waals surface area contributed by atoms with E-state index in [4.69, 9.17) is 0 Å². The van der Waals surface area contributed by atoms with E-state index in [9.17, 15) is 22.4 Å². The average molecular weight is 457 g/mol. The number of hydrogen-bond acceptors (Lipinski definition) is 5. The Balaban J connectivity index is 1.78. The molecule has 0 saturated heterocycles. The molecule has 166 valence electrons. The Morgan fingerprint density at radius 2 is 1.75 bits per heavy atom. The monoisotopic (exact) mass is 457 g/mol. The molecule has 1 unspecified atom stereocenters. The van der Waals surface area contributed by atoms with Crippen molar-refractivity contribution >= 4 is 21.1 Å². The summed E-state index contributed by atoms with van der Waals surface area (Å²) in [5.74, 6) is -0.463. The maximum absolute atomic E-state index is 13.5. The highest BCUT2D eigenvalue weighted by Crippen LogP contribution is 2.21. The molecular weight excluding hydrogens is 437 g/mol. The van der Waals surface area contributed by atoms with E-state index in [0.29, 0.717) is 5.56 Å². The van der Waals surface area contributed by atoms with Crippen molar-refractivity contribution in [2.75, 3.05) is 0 Å². The van der Waals surface area contributed by atoms with Crippen LogP contribution in [0.5, 0.6) is 0 Å². The number of para-hydroxylation sites is 2. The van der Waals surface area contributed by atoms with E-state index in [-0.39, 0.29) is 6.54 Å². The molecule has 4 rings (SSSR count). The van der Waals surface area contributed by atoms with E-state index in [0.717, 1.165) is 26.4 Å². The topological polar surface area (TPSA) is 108 Å². The molecule has 9 nitrogen and oxygen atoms in total. The second kappa shape index (κ2) is 8.17. The largest absolute Gasteiger partial charge is 0.330 e. The summed E-state index contributed by atoms with van der Waals surface area (Å²) in [5, 5.41) is 0. The second-order valence-electron chi connectivity index (χ2n) is 7.36. The van der Waals surface area contributed by atoms with Crippen molar-refractivity contribution < 1.29 is 12.8 Å². The van der Waals surface area contributed by atoms with Gasteiger partial charge < -0.3 is 9.13 Å². The van der Waals surface area contributed by atoms with E-state index in [2.05, 4.69) is 9.71 Å². The smallest absolute Gasteiger partial charge is 0.329 e. The molecule has 2 aromatic heterocycles. The van der Waals surface area contributed by atoms with Crippen molar-refractivity contribution in [2.24, 2.45) is 14.1 Å². The molecular formula is C21H20FN5O4S. The van der Waals surface area contributed by atoms with Gasteiger partial charge in [-0.3, -0.25) is 9.36 Å². The van der Waals surface area contributed by atoms with E-state index in [1.54, 1.807) is 10.9 Å². The number of benzene rings is 2. The van der Waals surface area contributed by atoms with Gasteiger partial charge in [-0.25, -0.2) is 27.3 Å². The fourth-order valence-electron chi connectivity index (χ4n) is 3.47. The molecule has 4 aromatic rings. The zero-order chi connectivity index (χ0) is 23.0. The van der Waals surface area contributed by atoms with E-state index in [1.807, 2.05) is 24.3 Å². The number of rotatable bonds is 6. The molecule has 0 bridgehead atoms. The fourth-order valence-corrected chi connectivity index (χ4v) is 4.84. The molecule has 1 atom stereocenters. The summed E-state index contributed by atoms with van der Waals surface area (Å²) in [6, 6.07) is 11.9. The number of imidazole rings is 1. The number of aryl methyl sites for hydroxylation is 1. The first-order valence-corrected chi connectivity index (χ1v) is 11.1. The molecule has 0 fully saturated rings. The quantitative estimate of drug-likeness (QED) is 0.470. The number of halogens is 1. The maximum Gasteiger partial charge on any atom is 0.330 e. The first-order chi connectivity index (χ1) is 15.2. The zero-order valence-corrected chi connectivity index (χ0v) is 18.1. The third-order valence-electron chi connectivity index (χ3n) is 5.18. The Morgan fingerprint density at radius 3 is 2.47 bits per heavy atom. The van der Waals surface area contributed by atoms with Crippen molar-refractivity contribution in [3.63, 3.8) is 0 Å². The molecule has 0 radical (unpaired) electrons. The highest BCUT2D eigenvalue weighted by Gasteiger charge is 2.26. The zero-order valence-electron chi connectivity index (χ0n) is 17.3. The number of sulfonamides is 1. The number of nitrogens with zero attached hydrogens (tertiary/aromatic N) is 4. The van der Waals surface area contributed by atoms with Gasteiger partial charge in [0.05, 0.1) is 23.4 Å². The lowest BCUT2D eigenvalue weighted by atomic mass is 10.1. The van der Waals surface area contributed by atoms with Crippen molar-refractivity contribution in [1.29, 1.82) is 0 Å². The van der Waals surface area contributed by atoms with Crippen LogP contribution in [-0.2, 0) is 30.7 Å². The molecule has 2 heterocycles. The Morgan fingerprint density at radius 1 is 1.06 bits per heavy atom. The highest BCUT2D eigenvalue weighted by atomic mass is 32.2. The van der Waals surface area contributed by atoms with Crippen LogP contribution in [-0.4, -0.2) is 27.1 Å². The van der Waals surface area contributed by atoms with E-state index in [1.165, 1.54) is 38.4 Å². The molecule has 0 aliphatic heterocycles. The minimum Gasteiger partial charge on any atom is -0.329 e. The number of hydrogen-bond donors (Lipinski definition) is 1. The minimum atomic E-state index is -4.34. The van der Waals surface area contributed by atoms with Gasteiger partial charge in [-0.2, -0.15) is 0 Å². The van der Waals surface area contributed by atoms with Gasteiger partial charge in [0, 0.05) is 26.8 Å². The number of nitrogens with one attached hydrogen (secondary N) is 1. The second-order valence-corrected chi connectivity index (χ2v) is 9.04. The van der Waals surface area contributed by atoms with Gasteiger partial charge in [0.15, 0.2) is 4.90 Å². The standard InChI is InChI=1S/C21H20FN5O4S/c1-25-12-19(20(28)26(2)21(25)29)32(30,31)24-17(14-7-9-15(22)10-8-14)11-27-13-23-16-5-3-4-6-18(16)27/h3-10,12-13,17,24H,11H2,1-2H3. The van der Waals surface area contributed by atoms with Crippen molar-refractivity contribution in [3.05, 3.63) is 93.3 Å². The first kappa shape index (κ1) is 21.7. The number of fused-ring (bicyclic) bond motifs is 1. The van der Waals surface area contributed by atoms with Gasteiger partial charge in [0.25, 0.3) is 5.56 Å². The lowest BCUT2D eigenvalue weighted by Crippen LogP contribution is -2.42. The predicted octanol–water partition coefficient (Wildman–Crippen LogP) is 1.29. The average Bonchev–Trinajstić information content (AvgIpc) is 3.17. The van der Waals surface area contributed by atoms with Crippen molar-refractivity contribution in [2.45, 2.75) is 17.5 Å². The van der Waals surface area contributed by atoms with Crippen LogP contribution in [0.3, 0.4) is 0 Å². The maximum atomic E-state index is 13.5. The minimum absolute atomic E-state index is 0.136. The Bertz CT molecular complexity index is 1520. The van der Waals surface area contributed by atoms with Crippen LogP contribution >= 0.6 is 0 Å². The van der Waals surface area contributed by atoms with Crippen LogP contribution in [0.25, 0.3) is 11.0 Å². The Hall–Kier alpha value is -3.57. The van der Waals surface area contributed by atoms with Gasteiger partial charge >= 0.3 is 5.69 Å². The van der Waals surface area contributed by atoms with E-state index >= 15 is 0 Å². The van der Waals surface area contributed by atoms with Crippen LogP contribution in [0.15, 0.2) is 75.5 Å². The molecule has 0 aliphatic rings. The lowest BCUT2D eigenvalue weighted by Gasteiger charge is -2.20. The summed E-state index contributed by atoms with van der Waals surface area (Å²) in [6.45, 7) is 0.136. The molecule has 11 heteroatoms. The lowest BCUT2D eigenvalue weighted by molar-refractivity contribution is 0.511. The molecule has 1 N–H and O–H groups in total. The van der Waals surface area contributed by atoms with Crippen LogP contribution < -0.4 is 16.0 Å². The molecule has 2 aromatic carbocycles. The predicted molar refractivity (Wildman–Crippen MR) is 116 cm³/mol. The summed E-state index contributed by atoms with van der Waals surface area (Å²) < 4.78 is 45.9. The van der Waals surface area contributed by atoms with Gasteiger partial charge in [-0.05, 0) is 29.8 Å². The molecule has 0 aliphatic carbocycles. The van der Waals surface area contributed by atoms with Gasteiger partial charge in [0.1, 0.15) is 5.82 Å². The van der Waals surface area contributed by atoms with Crippen LogP contribution in [0.2, 0.25) is 0 Å². The van der Waals surface area contributed by atoms with Gasteiger partial charge in [-0.1, -0.05) is 24.3 Å². The third-order valence-corrected chi connectivity index (χ3v) is 6.63. The van der Waals surface area contributed by atoms with Gasteiger partial charge in [-0.15, -0.1) is 0 Å². The Labute approximate surface area is 182 Å². The summed E-state index contributed by atoms with van der Waals surface area (Å²) in [6.07, 6.45) is 2.57. The van der Waals surface area contributed by atoms with Gasteiger partial charge in [0.2, 0.25) is 10.0 Å². The van der Waals surface area contributed by atoms with E-state index < -0.39 is 38.0 Å². The third kappa shape index (κ3) is 3.99. The molecule has 0 amide bonds. The molecule has 32 heavy (non-hydrogen) atoms.